The molecule has 0 saturated carbocycles. The van der Waals surface area contributed by atoms with Gasteiger partial charge in [0.2, 0.25) is 0 Å². The number of hydrogen-bond donors (Lipinski definition) is 0. The van der Waals surface area contributed by atoms with Crippen molar-refractivity contribution in [2.75, 3.05) is 7.11 Å². The smallest absolute Gasteiger partial charge is 0.335 e. The predicted molar refractivity (Wildman–Crippen MR) is 134 cm³/mol. The highest BCUT2D eigenvalue weighted by Crippen LogP contribution is 2.38. The summed E-state index contributed by atoms with van der Waals surface area (Å²) in [6.07, 6.45) is 7.57. The van der Waals surface area contributed by atoms with Crippen molar-refractivity contribution < 1.29 is 9.13 Å². The molecule has 0 unspecified atom stereocenters. The van der Waals surface area contributed by atoms with Crippen molar-refractivity contribution >= 4 is 45.6 Å². The SMILES string of the molecule is COc1cc(-c2cc3c(s2)c(=O)n(/C=C/N=Cc2cnn(C)c2)c(=O)n3CCC#N)c(Cl)cc1F. The molecule has 4 aromatic rings. The average Bonchev–Trinajstić information content (AvgIpc) is 3.45. The van der Waals surface area contributed by atoms with Gasteiger partial charge in [-0.25, -0.2) is 13.8 Å². The fourth-order valence-corrected chi connectivity index (χ4v) is 4.86. The van der Waals surface area contributed by atoms with Crippen LogP contribution in [-0.4, -0.2) is 32.2 Å². The number of aliphatic imine (C=N–C) groups is 1. The van der Waals surface area contributed by atoms with E-state index < -0.39 is 17.1 Å². The number of rotatable bonds is 7. The minimum absolute atomic E-state index is 0.00412. The Hall–Kier alpha value is -4.01. The molecule has 0 aliphatic rings. The van der Waals surface area contributed by atoms with E-state index in [-0.39, 0.29) is 28.4 Å². The van der Waals surface area contributed by atoms with Crippen LogP contribution in [0.4, 0.5) is 4.39 Å². The summed E-state index contributed by atoms with van der Waals surface area (Å²) in [5, 5.41) is 13.2. The molecule has 0 N–H and O–H groups in total. The third-order valence-corrected chi connectivity index (χ3v) is 6.52. The average molecular weight is 513 g/mol. The van der Waals surface area contributed by atoms with Crippen LogP contribution in [0.5, 0.6) is 5.75 Å². The molecule has 3 aromatic heterocycles. The second kappa shape index (κ2) is 10.1. The number of nitrogens with zero attached hydrogens (tertiary/aromatic N) is 6. The summed E-state index contributed by atoms with van der Waals surface area (Å²) in [6.45, 7) is 0.0789. The molecule has 0 radical (unpaired) electrons. The summed E-state index contributed by atoms with van der Waals surface area (Å²) in [5.74, 6) is -0.622. The molecule has 0 bridgehead atoms. The molecule has 35 heavy (non-hydrogen) atoms. The summed E-state index contributed by atoms with van der Waals surface area (Å²) in [7, 11) is 3.11. The lowest BCUT2D eigenvalue weighted by Crippen LogP contribution is -2.36. The first-order valence-corrected chi connectivity index (χ1v) is 11.4. The Morgan fingerprint density at radius 2 is 2.14 bits per heavy atom. The first-order valence-electron chi connectivity index (χ1n) is 10.2. The van der Waals surface area contributed by atoms with Crippen LogP contribution < -0.4 is 16.0 Å². The van der Waals surface area contributed by atoms with Gasteiger partial charge in [-0.1, -0.05) is 11.6 Å². The van der Waals surface area contributed by atoms with Gasteiger partial charge in [-0.05, 0) is 18.2 Å². The maximum absolute atomic E-state index is 14.0. The highest BCUT2D eigenvalue weighted by atomic mass is 35.5. The molecular weight excluding hydrogens is 495 g/mol. The van der Waals surface area contributed by atoms with Crippen LogP contribution in [0.2, 0.25) is 5.02 Å². The molecular formula is C23H18ClFN6O3S. The fourth-order valence-electron chi connectivity index (χ4n) is 3.42. The maximum atomic E-state index is 14.0. The highest BCUT2D eigenvalue weighted by Gasteiger charge is 2.19. The number of methoxy groups -OCH3 is 1. The Bertz CT molecular complexity index is 1640. The third-order valence-electron chi connectivity index (χ3n) is 5.06. The van der Waals surface area contributed by atoms with E-state index in [1.165, 1.54) is 36.4 Å². The zero-order valence-corrected chi connectivity index (χ0v) is 20.2. The van der Waals surface area contributed by atoms with Crippen LogP contribution in [0, 0.1) is 17.1 Å². The maximum Gasteiger partial charge on any atom is 0.335 e. The van der Waals surface area contributed by atoms with E-state index in [0.29, 0.717) is 16.0 Å². The van der Waals surface area contributed by atoms with E-state index in [1.54, 1.807) is 30.2 Å². The van der Waals surface area contributed by atoms with Crippen molar-refractivity contribution in [1.29, 1.82) is 5.26 Å². The van der Waals surface area contributed by atoms with E-state index in [4.69, 9.17) is 21.6 Å². The summed E-state index contributed by atoms with van der Waals surface area (Å²) in [4.78, 5) is 31.0. The summed E-state index contributed by atoms with van der Waals surface area (Å²) >= 11 is 7.37. The molecule has 12 heteroatoms. The van der Waals surface area contributed by atoms with Gasteiger partial charge in [-0.3, -0.25) is 19.0 Å². The van der Waals surface area contributed by atoms with Gasteiger partial charge in [0.05, 0.1) is 36.3 Å². The van der Waals surface area contributed by atoms with Gasteiger partial charge in [0.15, 0.2) is 11.6 Å². The van der Waals surface area contributed by atoms with Gasteiger partial charge < -0.3 is 4.74 Å². The molecule has 0 atom stereocenters. The van der Waals surface area contributed by atoms with Crippen molar-refractivity contribution in [3.05, 3.63) is 74.0 Å². The lowest BCUT2D eigenvalue weighted by Gasteiger charge is -2.07. The second-order valence-corrected chi connectivity index (χ2v) is 8.79. The van der Waals surface area contributed by atoms with Crippen LogP contribution >= 0.6 is 22.9 Å². The molecule has 0 amide bonds. The zero-order chi connectivity index (χ0) is 25.1. The van der Waals surface area contributed by atoms with Crippen LogP contribution in [0.25, 0.3) is 26.9 Å². The minimum Gasteiger partial charge on any atom is -0.494 e. The lowest BCUT2D eigenvalue weighted by molar-refractivity contribution is 0.387. The number of ether oxygens (including phenoxy) is 1. The molecule has 4 rings (SSSR count). The fraction of sp³-hybridized carbons (Fsp3) is 0.174. The van der Waals surface area contributed by atoms with Crippen LogP contribution in [0.3, 0.4) is 0 Å². The standard InChI is InChI=1S/C23H18ClFN6O3S/c1-29-13-14(12-28-29)11-27-5-7-31-22(32)21-18(30(23(31)33)6-3-4-26)10-20(35-21)15-8-19(34-2)17(25)9-16(15)24/h5,7-13H,3,6H2,1-2H3/b7-5+,27-11?. The predicted octanol–water partition coefficient (Wildman–Crippen LogP) is 3.89. The Labute approximate surface area is 207 Å². The molecule has 0 aliphatic heterocycles. The number of aryl methyl sites for hydroxylation is 2. The number of thiophene rings is 1. The Morgan fingerprint density at radius 3 is 2.83 bits per heavy atom. The molecule has 0 saturated heterocycles. The van der Waals surface area contributed by atoms with Gasteiger partial charge >= 0.3 is 5.69 Å². The number of fused-ring (bicyclic) bond motifs is 1. The molecule has 0 fully saturated rings. The number of aromatic nitrogens is 4. The van der Waals surface area contributed by atoms with Crippen molar-refractivity contribution in [3.63, 3.8) is 0 Å². The third kappa shape index (κ3) is 4.80. The second-order valence-electron chi connectivity index (χ2n) is 7.33. The van der Waals surface area contributed by atoms with Crippen LogP contribution in [0.15, 0.2) is 51.4 Å². The Balaban J connectivity index is 1.85. The lowest BCUT2D eigenvalue weighted by atomic mass is 10.1. The van der Waals surface area contributed by atoms with Gasteiger partial charge in [0, 0.05) is 54.4 Å². The van der Waals surface area contributed by atoms with Crippen molar-refractivity contribution in [3.8, 4) is 22.3 Å². The summed E-state index contributed by atoms with van der Waals surface area (Å²) in [6, 6.07) is 6.21. The van der Waals surface area contributed by atoms with E-state index >= 15 is 0 Å². The largest absolute Gasteiger partial charge is 0.494 e. The minimum atomic E-state index is -0.618. The van der Waals surface area contributed by atoms with E-state index in [1.807, 2.05) is 6.07 Å². The number of benzene rings is 1. The number of hydrogen-bond acceptors (Lipinski definition) is 7. The Morgan fingerprint density at radius 1 is 1.34 bits per heavy atom. The van der Waals surface area contributed by atoms with E-state index in [2.05, 4.69) is 10.1 Å². The quantitative estimate of drug-likeness (QED) is 0.349. The van der Waals surface area contributed by atoms with Crippen molar-refractivity contribution in [1.82, 2.24) is 18.9 Å². The van der Waals surface area contributed by atoms with Crippen LogP contribution in [0.1, 0.15) is 12.0 Å². The Kier molecular flexibility index (Phi) is 6.95. The molecule has 3 heterocycles. The molecule has 9 nitrogen and oxygen atoms in total. The van der Waals surface area contributed by atoms with Gasteiger partial charge in [-0.15, -0.1) is 11.3 Å². The molecule has 0 aliphatic carbocycles. The molecule has 1 aromatic carbocycles. The summed E-state index contributed by atoms with van der Waals surface area (Å²) < 4.78 is 23.3. The normalized spacial score (nSPS) is 11.6. The van der Waals surface area contributed by atoms with Crippen molar-refractivity contribution in [2.24, 2.45) is 12.0 Å². The van der Waals surface area contributed by atoms with Gasteiger partial charge in [0.25, 0.3) is 5.56 Å². The van der Waals surface area contributed by atoms with Gasteiger partial charge in [0.1, 0.15) is 4.70 Å². The molecule has 0 spiro atoms. The van der Waals surface area contributed by atoms with E-state index in [0.717, 1.165) is 27.5 Å². The monoisotopic (exact) mass is 512 g/mol. The number of nitriles is 1. The topological polar surface area (TPSA) is 107 Å². The summed E-state index contributed by atoms with van der Waals surface area (Å²) in [5.41, 5.74) is 0.400. The number of halogens is 2. The first-order chi connectivity index (χ1) is 16.8. The van der Waals surface area contributed by atoms with Gasteiger partial charge in [-0.2, -0.15) is 10.4 Å². The highest BCUT2D eigenvalue weighted by molar-refractivity contribution is 7.22. The van der Waals surface area contributed by atoms with Crippen molar-refractivity contribution in [2.45, 2.75) is 13.0 Å². The van der Waals surface area contributed by atoms with Crippen LogP contribution in [-0.2, 0) is 13.6 Å². The van der Waals surface area contributed by atoms with E-state index in [9.17, 15) is 14.0 Å². The molecule has 178 valence electrons. The first kappa shape index (κ1) is 24.1. The zero-order valence-electron chi connectivity index (χ0n) is 18.6.